The van der Waals surface area contributed by atoms with Crippen LogP contribution < -0.4 is 0 Å². The van der Waals surface area contributed by atoms with Crippen LogP contribution in [0.15, 0.2) is 60.8 Å². The van der Waals surface area contributed by atoms with Gasteiger partial charge in [-0.15, -0.1) is 11.3 Å². The fourth-order valence-corrected chi connectivity index (χ4v) is 6.16. The Balaban J connectivity index is 1.65. The molecule has 0 N–H and O–H groups in total. The first-order valence-electron chi connectivity index (χ1n) is 12.1. The minimum atomic E-state index is 1.04. The maximum absolute atomic E-state index is 5.20. The second-order valence-corrected chi connectivity index (χ2v) is 10.4. The highest BCUT2D eigenvalue weighted by atomic mass is 32.1. The summed E-state index contributed by atoms with van der Waals surface area (Å²) in [6, 6.07) is 20.1. The summed E-state index contributed by atoms with van der Waals surface area (Å²) in [6.45, 7) is 8.87. The number of hydrogen-bond donors (Lipinski definition) is 0. The van der Waals surface area contributed by atoms with E-state index in [2.05, 4.69) is 93.1 Å². The molecule has 0 saturated carbocycles. The van der Waals surface area contributed by atoms with Crippen LogP contribution in [0.3, 0.4) is 0 Å². The van der Waals surface area contributed by atoms with E-state index in [1.165, 1.54) is 79.5 Å². The quantitative estimate of drug-likeness (QED) is 0.225. The molecule has 0 unspecified atom stereocenters. The molecule has 0 bridgehead atoms. The van der Waals surface area contributed by atoms with E-state index in [9.17, 15) is 0 Å². The highest BCUT2D eigenvalue weighted by Crippen LogP contribution is 2.37. The third-order valence-corrected chi connectivity index (χ3v) is 7.71. The van der Waals surface area contributed by atoms with Crippen molar-refractivity contribution in [1.82, 2.24) is 9.55 Å². The van der Waals surface area contributed by atoms with Crippen LogP contribution in [-0.2, 0) is 6.42 Å². The van der Waals surface area contributed by atoms with Crippen LogP contribution in [0.5, 0.6) is 0 Å². The predicted octanol–water partition coefficient (Wildman–Crippen LogP) is 8.96. The Bertz CT molecular complexity index is 1410. The number of thiophene rings is 1. The Kier molecular flexibility index (Phi) is 6.07. The summed E-state index contributed by atoms with van der Waals surface area (Å²) in [7, 11) is 0. The molecule has 0 radical (unpaired) electrons. The van der Waals surface area contributed by atoms with Crippen LogP contribution in [0.4, 0.5) is 0 Å². The number of aryl methyl sites for hydroxylation is 4. The van der Waals surface area contributed by atoms with Gasteiger partial charge in [0.1, 0.15) is 5.82 Å². The van der Waals surface area contributed by atoms with Gasteiger partial charge in [-0.1, -0.05) is 62.1 Å². The molecule has 0 atom stereocenters. The molecule has 168 valence electrons. The molecule has 2 aromatic heterocycles. The summed E-state index contributed by atoms with van der Waals surface area (Å²) in [6.07, 6.45) is 8.34. The molecule has 0 spiro atoms. The molecule has 3 aromatic carbocycles. The molecule has 0 amide bonds. The van der Waals surface area contributed by atoms with Crippen molar-refractivity contribution in [2.45, 2.75) is 59.8 Å². The van der Waals surface area contributed by atoms with Crippen molar-refractivity contribution in [3.63, 3.8) is 0 Å². The Hall–Kier alpha value is -2.91. The molecule has 0 aliphatic rings. The summed E-state index contributed by atoms with van der Waals surface area (Å²) in [5.74, 6) is 1.05. The predicted molar refractivity (Wildman–Crippen MR) is 144 cm³/mol. The first kappa shape index (κ1) is 21.9. The van der Waals surface area contributed by atoms with Crippen LogP contribution in [0.2, 0.25) is 0 Å². The SMILES string of the molecule is CCCCCCc1cn(-c2c(C)cc(C)cc2C)c(-c2ccc3sc4ccccc4c3c2)n1. The Morgan fingerprint density at radius 1 is 0.818 bits per heavy atom. The molecular weight excluding hydrogens is 420 g/mol. The topological polar surface area (TPSA) is 17.8 Å². The van der Waals surface area contributed by atoms with E-state index in [0.29, 0.717) is 0 Å². The van der Waals surface area contributed by atoms with Crippen molar-refractivity contribution in [3.8, 4) is 17.1 Å². The first-order chi connectivity index (χ1) is 16.0. The Morgan fingerprint density at radius 3 is 2.36 bits per heavy atom. The molecule has 2 nitrogen and oxygen atoms in total. The number of hydrogen-bond acceptors (Lipinski definition) is 2. The van der Waals surface area contributed by atoms with Gasteiger partial charge in [0.2, 0.25) is 0 Å². The number of rotatable bonds is 7. The van der Waals surface area contributed by atoms with Crippen LogP contribution in [0.25, 0.3) is 37.2 Å². The second kappa shape index (κ2) is 9.15. The van der Waals surface area contributed by atoms with Gasteiger partial charge in [0.15, 0.2) is 0 Å². The standard InChI is InChI=1S/C30H32N2S/c1-5-6-7-8-11-24-19-32(29-21(3)16-20(2)17-22(29)4)30(31-24)23-14-15-28-26(18-23)25-12-9-10-13-27(25)33-28/h9-10,12-19H,5-8,11H2,1-4H3. The van der Waals surface area contributed by atoms with Crippen molar-refractivity contribution in [2.24, 2.45) is 0 Å². The van der Waals surface area contributed by atoms with Gasteiger partial charge in [0.05, 0.1) is 11.4 Å². The number of nitrogens with zero attached hydrogens (tertiary/aromatic N) is 2. The van der Waals surface area contributed by atoms with Crippen LogP contribution >= 0.6 is 11.3 Å². The van der Waals surface area contributed by atoms with Gasteiger partial charge in [-0.3, -0.25) is 4.57 Å². The van der Waals surface area contributed by atoms with Gasteiger partial charge in [-0.2, -0.15) is 0 Å². The van der Waals surface area contributed by atoms with E-state index in [-0.39, 0.29) is 0 Å². The number of imidazole rings is 1. The van der Waals surface area contributed by atoms with Crippen molar-refractivity contribution in [2.75, 3.05) is 0 Å². The van der Waals surface area contributed by atoms with Crippen molar-refractivity contribution < 1.29 is 0 Å². The molecule has 0 fully saturated rings. The van der Waals surface area contributed by atoms with Crippen LogP contribution in [-0.4, -0.2) is 9.55 Å². The van der Waals surface area contributed by atoms with Crippen molar-refractivity contribution in [3.05, 3.63) is 83.2 Å². The van der Waals surface area contributed by atoms with E-state index in [0.717, 1.165) is 12.2 Å². The molecule has 0 saturated heterocycles. The largest absolute Gasteiger partial charge is 0.299 e. The Labute approximate surface area is 200 Å². The van der Waals surface area contributed by atoms with Gasteiger partial charge >= 0.3 is 0 Å². The van der Waals surface area contributed by atoms with E-state index in [4.69, 9.17) is 4.98 Å². The average molecular weight is 453 g/mol. The highest BCUT2D eigenvalue weighted by molar-refractivity contribution is 7.25. The molecule has 5 aromatic rings. The van der Waals surface area contributed by atoms with Gasteiger partial charge in [-0.25, -0.2) is 4.98 Å². The van der Waals surface area contributed by atoms with E-state index in [1.54, 1.807) is 0 Å². The molecule has 3 heteroatoms. The summed E-state index contributed by atoms with van der Waals surface area (Å²) in [5.41, 5.74) is 7.54. The second-order valence-electron chi connectivity index (χ2n) is 9.29. The lowest BCUT2D eigenvalue weighted by Crippen LogP contribution is -2.02. The fraction of sp³-hybridized carbons (Fsp3) is 0.300. The molecule has 0 aliphatic heterocycles. The first-order valence-corrected chi connectivity index (χ1v) is 12.9. The average Bonchev–Trinajstić information content (AvgIpc) is 3.37. The molecule has 33 heavy (non-hydrogen) atoms. The number of fused-ring (bicyclic) bond motifs is 3. The highest BCUT2D eigenvalue weighted by Gasteiger charge is 2.17. The van der Waals surface area contributed by atoms with Gasteiger partial charge in [-0.05, 0) is 69.0 Å². The minimum absolute atomic E-state index is 1.04. The molecule has 2 heterocycles. The van der Waals surface area contributed by atoms with E-state index >= 15 is 0 Å². The lowest BCUT2D eigenvalue weighted by molar-refractivity contribution is 0.662. The number of benzene rings is 3. The zero-order valence-corrected chi connectivity index (χ0v) is 20.9. The third kappa shape index (κ3) is 4.22. The van der Waals surface area contributed by atoms with E-state index < -0.39 is 0 Å². The molecule has 0 aliphatic carbocycles. The number of unbranched alkanes of at least 4 members (excludes halogenated alkanes) is 3. The van der Waals surface area contributed by atoms with Crippen molar-refractivity contribution >= 4 is 31.5 Å². The van der Waals surface area contributed by atoms with Crippen LogP contribution in [0, 0.1) is 20.8 Å². The van der Waals surface area contributed by atoms with Gasteiger partial charge in [0, 0.05) is 31.9 Å². The Morgan fingerprint density at radius 2 is 1.58 bits per heavy atom. The lowest BCUT2D eigenvalue weighted by atomic mass is 10.0. The van der Waals surface area contributed by atoms with Gasteiger partial charge in [0.25, 0.3) is 0 Å². The summed E-state index contributed by atoms with van der Waals surface area (Å²) < 4.78 is 5.02. The summed E-state index contributed by atoms with van der Waals surface area (Å²) in [5, 5.41) is 2.66. The zero-order valence-electron chi connectivity index (χ0n) is 20.1. The van der Waals surface area contributed by atoms with E-state index in [1.807, 2.05) is 11.3 Å². The minimum Gasteiger partial charge on any atom is -0.299 e. The van der Waals surface area contributed by atoms with Crippen LogP contribution in [0.1, 0.15) is 55.0 Å². The maximum Gasteiger partial charge on any atom is 0.144 e. The molecular formula is C30H32N2S. The zero-order chi connectivity index (χ0) is 22.9. The number of aromatic nitrogens is 2. The lowest BCUT2D eigenvalue weighted by Gasteiger charge is -2.15. The normalized spacial score (nSPS) is 11.6. The fourth-order valence-electron chi connectivity index (χ4n) is 5.07. The van der Waals surface area contributed by atoms with Gasteiger partial charge < -0.3 is 0 Å². The van der Waals surface area contributed by atoms with Crippen molar-refractivity contribution in [1.29, 1.82) is 0 Å². The smallest absolute Gasteiger partial charge is 0.144 e. The monoisotopic (exact) mass is 452 g/mol. The molecule has 5 rings (SSSR count). The summed E-state index contributed by atoms with van der Waals surface area (Å²) in [4.78, 5) is 5.20. The maximum atomic E-state index is 5.20. The third-order valence-electron chi connectivity index (χ3n) is 6.55. The summed E-state index contributed by atoms with van der Waals surface area (Å²) >= 11 is 1.87.